The Morgan fingerprint density at radius 3 is 2.81 bits per heavy atom. The highest BCUT2D eigenvalue weighted by Gasteiger charge is 2.34. The van der Waals surface area contributed by atoms with Gasteiger partial charge in [0, 0.05) is 12.7 Å². The molecule has 0 radical (unpaired) electrons. The predicted octanol–water partition coefficient (Wildman–Crippen LogP) is 2.98. The smallest absolute Gasteiger partial charge is 0.404 e. The van der Waals surface area contributed by atoms with E-state index in [1.807, 2.05) is 35.4 Å². The Labute approximate surface area is 179 Å². The quantitative estimate of drug-likeness (QED) is 0.692. The van der Waals surface area contributed by atoms with Crippen molar-refractivity contribution in [1.82, 2.24) is 14.5 Å². The maximum atomic E-state index is 14.3. The van der Waals surface area contributed by atoms with E-state index in [0.29, 0.717) is 24.6 Å². The van der Waals surface area contributed by atoms with Gasteiger partial charge in [0.2, 0.25) is 5.95 Å². The summed E-state index contributed by atoms with van der Waals surface area (Å²) in [6, 6.07) is 9.70. The summed E-state index contributed by atoms with van der Waals surface area (Å²) in [7, 11) is 0. The van der Waals surface area contributed by atoms with Crippen molar-refractivity contribution < 1.29 is 13.9 Å². The number of halogens is 1. The summed E-state index contributed by atoms with van der Waals surface area (Å²) in [6.45, 7) is 5.09. The zero-order valence-electron chi connectivity index (χ0n) is 17.4. The fourth-order valence-electron chi connectivity index (χ4n) is 3.84. The van der Waals surface area contributed by atoms with Crippen molar-refractivity contribution >= 4 is 23.1 Å². The average Bonchev–Trinajstić information content (AvgIpc) is 3.07. The number of carbonyl (C=O) groups excluding carboxylic acids is 1. The number of hydrogen-bond acceptors (Lipinski definition) is 6. The third-order valence-electron chi connectivity index (χ3n) is 5.65. The Bertz CT molecular complexity index is 1170. The lowest BCUT2D eigenvalue weighted by molar-refractivity contribution is 0.0404. The van der Waals surface area contributed by atoms with Gasteiger partial charge in [-0.1, -0.05) is 0 Å². The summed E-state index contributed by atoms with van der Waals surface area (Å²) < 4.78 is 21.3. The topological polar surface area (TPSA) is 110 Å². The molecule has 1 fully saturated rings. The highest BCUT2D eigenvalue weighted by molar-refractivity contribution is 5.81. The molecule has 9 heteroatoms. The third kappa shape index (κ3) is 4.14. The number of nitrogens with two attached hydrogens (primary N) is 1. The summed E-state index contributed by atoms with van der Waals surface area (Å²) >= 11 is 0. The predicted molar refractivity (Wildman–Crippen MR) is 113 cm³/mol. The molecular weight excluding hydrogens is 399 g/mol. The van der Waals surface area contributed by atoms with Crippen molar-refractivity contribution in [2.45, 2.75) is 39.1 Å². The second-order valence-electron chi connectivity index (χ2n) is 7.80. The number of ether oxygens (including phenoxy) is 1. The van der Waals surface area contributed by atoms with Gasteiger partial charge in [0.1, 0.15) is 12.2 Å². The number of nitriles is 1. The van der Waals surface area contributed by atoms with Gasteiger partial charge in [0.05, 0.1) is 35.4 Å². The van der Waals surface area contributed by atoms with E-state index in [-0.39, 0.29) is 13.0 Å². The molecule has 3 aromatic rings. The van der Waals surface area contributed by atoms with Gasteiger partial charge in [-0.2, -0.15) is 5.26 Å². The molecule has 31 heavy (non-hydrogen) atoms. The highest BCUT2D eigenvalue weighted by atomic mass is 19.1. The number of fused-ring (bicyclic) bond motifs is 1. The minimum atomic E-state index is -1.27. The molecule has 0 saturated carbocycles. The lowest BCUT2D eigenvalue weighted by Gasteiger charge is -2.35. The molecule has 2 N–H and O–H groups in total. The Balaban J connectivity index is 1.75. The summed E-state index contributed by atoms with van der Waals surface area (Å²) in [4.78, 5) is 22.3. The van der Waals surface area contributed by atoms with E-state index in [1.165, 1.54) is 6.20 Å². The maximum Gasteiger partial charge on any atom is 0.404 e. The van der Waals surface area contributed by atoms with Gasteiger partial charge in [0.15, 0.2) is 6.10 Å². The molecular formula is C22H23FN6O2. The first-order valence-corrected chi connectivity index (χ1v) is 10.0. The number of imidazole rings is 1. The van der Waals surface area contributed by atoms with Crippen LogP contribution < -0.4 is 10.6 Å². The molecule has 0 aliphatic carbocycles. The van der Waals surface area contributed by atoms with Gasteiger partial charge in [-0.25, -0.2) is 14.2 Å². The number of carbonyl (C=O) groups is 1. The number of hydrogen-bond donors (Lipinski definition) is 1. The molecule has 1 aliphatic heterocycles. The van der Waals surface area contributed by atoms with Crippen LogP contribution in [0.3, 0.4) is 0 Å². The van der Waals surface area contributed by atoms with E-state index >= 15 is 0 Å². The molecule has 1 aromatic carbocycles. The Morgan fingerprint density at radius 2 is 2.13 bits per heavy atom. The van der Waals surface area contributed by atoms with Gasteiger partial charge in [-0.3, -0.25) is 4.98 Å². The van der Waals surface area contributed by atoms with Crippen molar-refractivity contribution in [3.63, 3.8) is 0 Å². The SMILES string of the molecule is Cc1cc2nc(N3CC[C@@H](F)[C@H](OC(N)=O)C3)n(Cc3ccc(C#N)cn3)c2cc1C. The van der Waals surface area contributed by atoms with Gasteiger partial charge in [-0.15, -0.1) is 0 Å². The number of nitrogens with zero attached hydrogens (tertiary/aromatic N) is 5. The van der Waals surface area contributed by atoms with Crippen LogP contribution in [0, 0.1) is 25.2 Å². The zero-order valence-corrected chi connectivity index (χ0v) is 17.4. The van der Waals surface area contributed by atoms with Crippen molar-refractivity contribution in [3.8, 4) is 6.07 Å². The molecule has 8 nitrogen and oxygen atoms in total. The molecule has 1 amide bonds. The number of pyridine rings is 1. The number of primary amides is 1. The number of amides is 1. The second-order valence-corrected chi connectivity index (χ2v) is 7.80. The van der Waals surface area contributed by atoms with Crippen LogP contribution in [-0.4, -0.2) is 46.0 Å². The summed E-state index contributed by atoms with van der Waals surface area (Å²) in [5.74, 6) is 0.649. The van der Waals surface area contributed by atoms with E-state index in [4.69, 9.17) is 20.7 Å². The van der Waals surface area contributed by atoms with Crippen molar-refractivity contribution in [2.24, 2.45) is 5.73 Å². The molecule has 2 aromatic heterocycles. The van der Waals surface area contributed by atoms with Crippen LogP contribution in [0.25, 0.3) is 11.0 Å². The van der Waals surface area contributed by atoms with Crippen LogP contribution in [-0.2, 0) is 11.3 Å². The molecule has 0 bridgehead atoms. The first-order chi connectivity index (χ1) is 14.9. The van der Waals surface area contributed by atoms with Crippen molar-refractivity contribution in [2.75, 3.05) is 18.0 Å². The Morgan fingerprint density at radius 1 is 1.35 bits per heavy atom. The van der Waals surface area contributed by atoms with E-state index in [1.54, 1.807) is 6.07 Å². The van der Waals surface area contributed by atoms with E-state index in [0.717, 1.165) is 27.9 Å². The van der Waals surface area contributed by atoms with Gasteiger partial charge in [-0.05, 0) is 55.7 Å². The van der Waals surface area contributed by atoms with E-state index in [2.05, 4.69) is 17.1 Å². The molecule has 4 rings (SSSR count). The largest absolute Gasteiger partial charge is 0.441 e. The number of rotatable bonds is 4. The summed E-state index contributed by atoms with van der Waals surface area (Å²) in [6.07, 6.45) is -1.47. The molecule has 0 unspecified atom stereocenters. The fourth-order valence-corrected chi connectivity index (χ4v) is 3.84. The van der Waals surface area contributed by atoms with Crippen LogP contribution in [0.1, 0.15) is 28.8 Å². The van der Waals surface area contributed by atoms with E-state index < -0.39 is 18.4 Å². The first kappa shape index (κ1) is 20.6. The Kier molecular flexibility index (Phi) is 5.46. The second kappa shape index (κ2) is 8.22. The monoisotopic (exact) mass is 422 g/mol. The van der Waals surface area contributed by atoms with Crippen LogP contribution >= 0.6 is 0 Å². The van der Waals surface area contributed by atoms with Gasteiger partial charge < -0.3 is 19.9 Å². The summed E-state index contributed by atoms with van der Waals surface area (Å²) in [5, 5.41) is 9.02. The number of aromatic nitrogens is 3. The standard InChI is InChI=1S/C22H23FN6O2/c1-13-7-18-19(8-14(13)2)29(11-16-4-3-15(9-24)10-26-16)22(27-18)28-6-5-17(23)20(12-28)31-21(25)30/h3-4,7-8,10,17,20H,5-6,11-12H2,1-2H3,(H2,25,30)/t17-,20-/m1/s1. The normalized spacial score (nSPS) is 18.7. The summed E-state index contributed by atoms with van der Waals surface area (Å²) in [5.41, 5.74) is 10.4. The number of anilines is 1. The lowest BCUT2D eigenvalue weighted by atomic mass is 10.1. The molecule has 1 aliphatic rings. The fraction of sp³-hybridized carbons (Fsp3) is 0.364. The van der Waals surface area contributed by atoms with Crippen LogP contribution in [0.15, 0.2) is 30.5 Å². The Hall–Kier alpha value is -3.67. The van der Waals surface area contributed by atoms with Gasteiger partial charge in [0.25, 0.3) is 0 Å². The van der Waals surface area contributed by atoms with Crippen LogP contribution in [0.5, 0.6) is 0 Å². The number of alkyl halides is 1. The highest BCUT2D eigenvalue weighted by Crippen LogP contribution is 2.29. The molecule has 0 spiro atoms. The van der Waals surface area contributed by atoms with Crippen molar-refractivity contribution in [1.29, 1.82) is 5.26 Å². The van der Waals surface area contributed by atoms with Crippen LogP contribution in [0.2, 0.25) is 0 Å². The number of piperidine rings is 1. The minimum Gasteiger partial charge on any atom is -0.441 e. The number of aryl methyl sites for hydroxylation is 2. The molecule has 1 saturated heterocycles. The average molecular weight is 422 g/mol. The first-order valence-electron chi connectivity index (χ1n) is 10.0. The van der Waals surface area contributed by atoms with Gasteiger partial charge >= 0.3 is 6.09 Å². The van der Waals surface area contributed by atoms with Crippen LogP contribution in [0.4, 0.5) is 15.1 Å². The lowest BCUT2D eigenvalue weighted by Crippen LogP contribution is -2.48. The molecule has 160 valence electrons. The zero-order chi connectivity index (χ0) is 22.1. The molecule has 2 atom stereocenters. The molecule has 3 heterocycles. The minimum absolute atomic E-state index is 0.159. The maximum absolute atomic E-state index is 14.3. The van der Waals surface area contributed by atoms with Crippen molar-refractivity contribution in [3.05, 3.63) is 52.8 Å². The van der Waals surface area contributed by atoms with E-state index in [9.17, 15) is 9.18 Å². The third-order valence-corrected chi connectivity index (χ3v) is 5.65. The number of benzene rings is 1.